The van der Waals surface area contributed by atoms with Gasteiger partial charge in [-0.1, -0.05) is 23.8 Å². The van der Waals surface area contributed by atoms with E-state index in [1.165, 1.54) is 0 Å². The molecule has 1 atom stereocenters. The molecule has 0 saturated carbocycles. The molecule has 3 rings (SSSR count). The molecule has 16 heavy (non-hydrogen) atoms. The normalized spacial score (nSPS) is 26.8. The van der Waals surface area contributed by atoms with Gasteiger partial charge in [-0.3, -0.25) is 4.79 Å². The lowest BCUT2D eigenvalue weighted by Gasteiger charge is -2.21. The maximum atomic E-state index is 11.9. The summed E-state index contributed by atoms with van der Waals surface area (Å²) in [5, 5.41) is 0. The Morgan fingerprint density at radius 2 is 2.31 bits per heavy atom. The summed E-state index contributed by atoms with van der Waals surface area (Å²) in [4.78, 5) is 15.6. The third-order valence-corrected chi connectivity index (χ3v) is 3.28. The molecule has 1 aromatic rings. The van der Waals surface area contributed by atoms with Gasteiger partial charge in [-0.25, -0.2) is 0 Å². The Bertz CT molecular complexity index is 522. The number of aliphatic imine (C=N–C) groups is 1. The number of aryl methyl sites for hydroxylation is 2. The van der Waals surface area contributed by atoms with Crippen LogP contribution in [0.25, 0.3) is 0 Å². The van der Waals surface area contributed by atoms with Gasteiger partial charge in [0, 0.05) is 12.0 Å². The van der Waals surface area contributed by atoms with Crippen molar-refractivity contribution in [2.45, 2.75) is 25.4 Å². The number of benzene rings is 1. The average molecular weight is 216 g/mol. The largest absolute Gasteiger partial charge is 0.443 e. The predicted molar refractivity (Wildman–Crippen MR) is 58.9 cm³/mol. The summed E-state index contributed by atoms with van der Waals surface area (Å²) in [6, 6.07) is 6.07. The minimum Gasteiger partial charge on any atom is -0.443 e. The Morgan fingerprint density at radius 3 is 3.00 bits per heavy atom. The number of carbonyl (C=O) groups is 1. The first-order valence-corrected chi connectivity index (χ1v) is 5.29. The van der Waals surface area contributed by atoms with E-state index < -0.39 is 5.60 Å². The van der Waals surface area contributed by atoms with Gasteiger partial charge in [0.2, 0.25) is 5.60 Å². The number of nitrogens with two attached hydrogens (primary N) is 1. The summed E-state index contributed by atoms with van der Waals surface area (Å²) >= 11 is 0. The SMILES string of the molecule is Cc1ccc2c(c1)C1(CC2)OC(N)=NC1=O. The highest BCUT2D eigenvalue weighted by molar-refractivity contribution is 6.02. The van der Waals surface area contributed by atoms with Crippen molar-refractivity contribution in [3.05, 3.63) is 34.9 Å². The van der Waals surface area contributed by atoms with E-state index >= 15 is 0 Å². The molecule has 1 amide bonds. The van der Waals surface area contributed by atoms with E-state index in [4.69, 9.17) is 10.5 Å². The first-order chi connectivity index (χ1) is 7.62. The van der Waals surface area contributed by atoms with Crippen molar-refractivity contribution in [2.24, 2.45) is 10.7 Å². The third-order valence-electron chi connectivity index (χ3n) is 3.28. The number of rotatable bonds is 0. The van der Waals surface area contributed by atoms with Gasteiger partial charge < -0.3 is 10.5 Å². The fourth-order valence-corrected chi connectivity index (χ4v) is 2.49. The molecule has 1 unspecified atom stereocenters. The molecule has 1 aliphatic carbocycles. The molecule has 1 aliphatic heterocycles. The van der Waals surface area contributed by atoms with Crippen LogP contribution in [-0.4, -0.2) is 11.9 Å². The Morgan fingerprint density at radius 1 is 1.50 bits per heavy atom. The lowest BCUT2D eigenvalue weighted by molar-refractivity contribution is -0.131. The fraction of sp³-hybridized carbons (Fsp3) is 0.333. The summed E-state index contributed by atoms with van der Waals surface area (Å²) < 4.78 is 5.48. The minimum absolute atomic E-state index is 0.0145. The van der Waals surface area contributed by atoms with Crippen molar-refractivity contribution in [1.29, 1.82) is 0 Å². The first-order valence-electron chi connectivity index (χ1n) is 5.29. The van der Waals surface area contributed by atoms with Gasteiger partial charge in [0.05, 0.1) is 0 Å². The Balaban J connectivity index is 2.16. The van der Waals surface area contributed by atoms with Crippen LogP contribution >= 0.6 is 0 Å². The molecular formula is C12H12N2O2. The monoisotopic (exact) mass is 216 g/mol. The van der Waals surface area contributed by atoms with Gasteiger partial charge in [0.25, 0.3) is 11.9 Å². The van der Waals surface area contributed by atoms with Crippen molar-refractivity contribution in [2.75, 3.05) is 0 Å². The molecule has 0 saturated heterocycles. The lowest BCUT2D eigenvalue weighted by Crippen LogP contribution is -2.33. The fourth-order valence-electron chi connectivity index (χ4n) is 2.49. The zero-order chi connectivity index (χ0) is 11.3. The first kappa shape index (κ1) is 9.39. The molecule has 0 radical (unpaired) electrons. The van der Waals surface area contributed by atoms with Gasteiger partial charge in [-0.15, -0.1) is 0 Å². The van der Waals surface area contributed by atoms with E-state index in [0.717, 1.165) is 23.1 Å². The van der Waals surface area contributed by atoms with Crippen molar-refractivity contribution in [3.8, 4) is 0 Å². The molecule has 2 aliphatic rings. The van der Waals surface area contributed by atoms with Gasteiger partial charge in [-0.05, 0) is 18.9 Å². The van der Waals surface area contributed by atoms with Crippen LogP contribution in [0.2, 0.25) is 0 Å². The number of hydrogen-bond donors (Lipinski definition) is 1. The maximum Gasteiger partial charge on any atom is 0.299 e. The number of fused-ring (bicyclic) bond motifs is 2. The Kier molecular flexibility index (Phi) is 1.67. The van der Waals surface area contributed by atoms with Crippen LogP contribution in [-0.2, 0) is 21.6 Å². The molecule has 0 fully saturated rings. The number of amides is 1. The van der Waals surface area contributed by atoms with Crippen molar-refractivity contribution >= 4 is 11.9 Å². The summed E-state index contributed by atoms with van der Waals surface area (Å²) in [5.41, 5.74) is 7.76. The van der Waals surface area contributed by atoms with Gasteiger partial charge >= 0.3 is 0 Å². The quantitative estimate of drug-likeness (QED) is 0.703. The van der Waals surface area contributed by atoms with E-state index in [-0.39, 0.29) is 11.9 Å². The smallest absolute Gasteiger partial charge is 0.299 e. The average Bonchev–Trinajstić information content (AvgIpc) is 2.71. The third kappa shape index (κ3) is 1.04. The molecule has 82 valence electrons. The molecule has 4 heteroatoms. The highest BCUT2D eigenvalue weighted by Crippen LogP contribution is 2.43. The topological polar surface area (TPSA) is 64.7 Å². The van der Waals surface area contributed by atoms with Crippen molar-refractivity contribution in [3.63, 3.8) is 0 Å². The summed E-state index contributed by atoms with van der Waals surface area (Å²) in [5.74, 6) is -0.269. The van der Waals surface area contributed by atoms with Crippen LogP contribution in [0.4, 0.5) is 0 Å². The van der Waals surface area contributed by atoms with E-state index in [1.54, 1.807) is 0 Å². The van der Waals surface area contributed by atoms with Crippen LogP contribution in [0.15, 0.2) is 23.2 Å². The molecule has 0 bridgehead atoms. The van der Waals surface area contributed by atoms with Gasteiger partial charge in [0.1, 0.15) is 0 Å². The minimum atomic E-state index is -0.925. The van der Waals surface area contributed by atoms with Crippen LogP contribution in [0, 0.1) is 6.92 Å². The summed E-state index contributed by atoms with van der Waals surface area (Å²) in [6.07, 6.45) is 1.47. The van der Waals surface area contributed by atoms with Crippen LogP contribution in [0.3, 0.4) is 0 Å². The Hall–Kier alpha value is -1.84. The van der Waals surface area contributed by atoms with Crippen LogP contribution in [0.1, 0.15) is 23.1 Å². The molecular weight excluding hydrogens is 204 g/mol. The van der Waals surface area contributed by atoms with Gasteiger partial charge in [-0.2, -0.15) is 4.99 Å². The summed E-state index contributed by atoms with van der Waals surface area (Å²) in [6.45, 7) is 2.00. The highest BCUT2D eigenvalue weighted by Gasteiger charge is 2.51. The van der Waals surface area contributed by atoms with E-state index in [0.29, 0.717) is 6.42 Å². The summed E-state index contributed by atoms with van der Waals surface area (Å²) in [7, 11) is 0. The van der Waals surface area contributed by atoms with Crippen molar-refractivity contribution in [1.82, 2.24) is 0 Å². The van der Waals surface area contributed by atoms with E-state index in [2.05, 4.69) is 4.99 Å². The number of hydrogen-bond acceptors (Lipinski definition) is 3. The number of ether oxygens (including phenoxy) is 1. The zero-order valence-electron chi connectivity index (χ0n) is 8.99. The molecule has 1 heterocycles. The molecule has 0 aromatic heterocycles. The second-order valence-corrected chi connectivity index (χ2v) is 4.34. The molecule has 2 N–H and O–H groups in total. The van der Waals surface area contributed by atoms with Crippen LogP contribution < -0.4 is 5.73 Å². The Labute approximate surface area is 93.1 Å². The number of nitrogens with zero attached hydrogens (tertiary/aromatic N) is 1. The van der Waals surface area contributed by atoms with E-state index in [1.807, 2.05) is 25.1 Å². The van der Waals surface area contributed by atoms with E-state index in [9.17, 15) is 4.79 Å². The predicted octanol–water partition coefficient (Wildman–Crippen LogP) is 1.01. The van der Waals surface area contributed by atoms with Crippen molar-refractivity contribution < 1.29 is 9.53 Å². The molecule has 1 spiro atoms. The zero-order valence-corrected chi connectivity index (χ0v) is 8.99. The maximum absolute atomic E-state index is 11.9. The lowest BCUT2D eigenvalue weighted by atomic mass is 9.94. The van der Waals surface area contributed by atoms with Crippen LogP contribution in [0.5, 0.6) is 0 Å². The molecule has 1 aromatic carbocycles. The second-order valence-electron chi connectivity index (χ2n) is 4.34. The standard InChI is InChI=1S/C12H12N2O2/c1-7-2-3-8-4-5-12(9(8)6-7)10(15)14-11(13)16-12/h2-3,6H,4-5H2,1H3,(H2,13,14,15). The highest BCUT2D eigenvalue weighted by atomic mass is 16.5. The molecule has 4 nitrogen and oxygen atoms in total. The number of amidine groups is 1. The van der Waals surface area contributed by atoms with Gasteiger partial charge in [0.15, 0.2) is 0 Å². The number of carbonyl (C=O) groups excluding carboxylic acids is 1. The second kappa shape index (κ2) is 2.84.